The minimum atomic E-state index is -0.516. The number of amides is 1. The largest absolute Gasteiger partial charge is 0.347 e. The smallest absolute Gasteiger partial charge is 0.243 e. The Balaban J connectivity index is 1.50. The topological polar surface area (TPSA) is 95.6 Å². The maximum Gasteiger partial charge on any atom is 0.243 e. The maximum atomic E-state index is 13.0. The van der Waals surface area contributed by atoms with Crippen molar-refractivity contribution in [2.45, 2.75) is 32.9 Å². The Bertz CT molecular complexity index is 1100. The van der Waals surface area contributed by atoms with Gasteiger partial charge in [0, 0.05) is 17.8 Å². The van der Waals surface area contributed by atoms with Crippen molar-refractivity contribution in [1.29, 1.82) is 0 Å². The van der Waals surface area contributed by atoms with Gasteiger partial charge in [-0.25, -0.2) is 15.0 Å². The summed E-state index contributed by atoms with van der Waals surface area (Å²) in [4.78, 5) is 29.6. The number of aromatic amines is 1. The molecule has 1 unspecified atom stereocenters. The second-order valence-corrected chi connectivity index (χ2v) is 7.28. The van der Waals surface area contributed by atoms with Crippen LogP contribution in [0.3, 0.4) is 0 Å². The summed E-state index contributed by atoms with van der Waals surface area (Å²) in [5, 5.41) is 6.19. The first-order valence-corrected chi connectivity index (χ1v) is 9.91. The summed E-state index contributed by atoms with van der Waals surface area (Å²) in [5.74, 6) is 1.03. The van der Waals surface area contributed by atoms with E-state index in [-0.39, 0.29) is 5.91 Å². The Labute approximate surface area is 175 Å². The molecule has 1 atom stereocenters. The first kappa shape index (κ1) is 19.6. The van der Waals surface area contributed by atoms with Crippen LogP contribution in [0, 0.1) is 13.8 Å². The van der Waals surface area contributed by atoms with Gasteiger partial charge >= 0.3 is 0 Å². The van der Waals surface area contributed by atoms with Crippen LogP contribution in [-0.2, 0) is 17.8 Å². The van der Waals surface area contributed by atoms with Crippen LogP contribution in [0.5, 0.6) is 0 Å². The lowest BCUT2D eigenvalue weighted by atomic mass is 10.1. The Morgan fingerprint density at radius 3 is 2.40 bits per heavy atom. The number of hydrogen-bond acceptors (Lipinski definition) is 5. The SMILES string of the molecule is Cc1cc(C)nc(NC(Cc2ccccc2)C(=O)NCc2nc3ccccc3[nH]2)n1. The monoisotopic (exact) mass is 400 g/mol. The van der Waals surface area contributed by atoms with E-state index in [4.69, 9.17) is 0 Å². The number of anilines is 1. The van der Waals surface area contributed by atoms with E-state index in [1.807, 2.05) is 74.5 Å². The molecule has 0 aliphatic heterocycles. The van der Waals surface area contributed by atoms with Crippen LogP contribution in [0.1, 0.15) is 22.8 Å². The Morgan fingerprint density at radius 2 is 1.67 bits per heavy atom. The molecule has 7 heteroatoms. The number of H-pyrrole nitrogens is 1. The number of nitrogens with zero attached hydrogens (tertiary/aromatic N) is 3. The van der Waals surface area contributed by atoms with Crippen molar-refractivity contribution < 1.29 is 4.79 Å². The first-order chi connectivity index (χ1) is 14.6. The van der Waals surface area contributed by atoms with Crippen LogP contribution in [0.25, 0.3) is 11.0 Å². The van der Waals surface area contributed by atoms with Gasteiger partial charge in [0.15, 0.2) is 0 Å². The van der Waals surface area contributed by atoms with Crippen molar-refractivity contribution in [1.82, 2.24) is 25.3 Å². The van der Waals surface area contributed by atoms with E-state index in [0.29, 0.717) is 24.7 Å². The van der Waals surface area contributed by atoms with E-state index < -0.39 is 6.04 Å². The number of rotatable bonds is 7. The molecule has 30 heavy (non-hydrogen) atoms. The Hall–Kier alpha value is -3.74. The highest BCUT2D eigenvalue weighted by molar-refractivity contribution is 5.84. The van der Waals surface area contributed by atoms with Gasteiger partial charge in [-0.1, -0.05) is 42.5 Å². The molecule has 0 saturated carbocycles. The summed E-state index contributed by atoms with van der Waals surface area (Å²) in [5.41, 5.74) is 4.59. The summed E-state index contributed by atoms with van der Waals surface area (Å²) in [6, 6.07) is 19.1. The molecule has 4 rings (SSSR count). The summed E-state index contributed by atoms with van der Waals surface area (Å²) < 4.78 is 0. The number of hydrogen-bond donors (Lipinski definition) is 3. The highest BCUT2D eigenvalue weighted by atomic mass is 16.2. The second kappa shape index (κ2) is 8.73. The molecule has 2 aromatic heterocycles. The van der Waals surface area contributed by atoms with Crippen molar-refractivity contribution in [3.63, 3.8) is 0 Å². The third-order valence-corrected chi connectivity index (χ3v) is 4.75. The number of carbonyl (C=O) groups is 1. The number of imidazole rings is 1. The van der Waals surface area contributed by atoms with Gasteiger partial charge in [-0.15, -0.1) is 0 Å². The van der Waals surface area contributed by atoms with E-state index in [0.717, 1.165) is 28.0 Å². The Morgan fingerprint density at radius 1 is 0.967 bits per heavy atom. The van der Waals surface area contributed by atoms with Gasteiger partial charge in [-0.05, 0) is 37.6 Å². The summed E-state index contributed by atoms with van der Waals surface area (Å²) in [7, 11) is 0. The van der Waals surface area contributed by atoms with E-state index in [1.54, 1.807) is 0 Å². The molecule has 0 fully saturated rings. The molecular formula is C23H24N6O. The quantitative estimate of drug-likeness (QED) is 0.442. The zero-order valence-corrected chi connectivity index (χ0v) is 17.0. The molecule has 0 saturated heterocycles. The van der Waals surface area contributed by atoms with Gasteiger partial charge < -0.3 is 15.6 Å². The lowest BCUT2D eigenvalue weighted by Gasteiger charge is -2.19. The van der Waals surface area contributed by atoms with Crippen molar-refractivity contribution in [2.75, 3.05) is 5.32 Å². The van der Waals surface area contributed by atoms with Crippen molar-refractivity contribution in [3.05, 3.63) is 83.4 Å². The summed E-state index contributed by atoms with van der Waals surface area (Å²) >= 11 is 0. The number of aromatic nitrogens is 4. The lowest BCUT2D eigenvalue weighted by molar-refractivity contribution is -0.122. The molecule has 2 heterocycles. The number of para-hydroxylation sites is 2. The minimum absolute atomic E-state index is 0.137. The van der Waals surface area contributed by atoms with Crippen molar-refractivity contribution in [3.8, 4) is 0 Å². The third-order valence-electron chi connectivity index (χ3n) is 4.75. The summed E-state index contributed by atoms with van der Waals surface area (Å²) in [6.45, 7) is 4.13. The molecule has 0 radical (unpaired) electrons. The molecule has 0 bridgehead atoms. The van der Waals surface area contributed by atoms with Crippen molar-refractivity contribution in [2.24, 2.45) is 0 Å². The number of aryl methyl sites for hydroxylation is 2. The number of nitrogens with one attached hydrogen (secondary N) is 3. The van der Waals surface area contributed by atoms with Crippen LogP contribution in [-0.4, -0.2) is 31.9 Å². The maximum absolute atomic E-state index is 13.0. The van der Waals surface area contributed by atoms with Gasteiger partial charge in [0.25, 0.3) is 0 Å². The lowest BCUT2D eigenvalue weighted by Crippen LogP contribution is -2.41. The first-order valence-electron chi connectivity index (χ1n) is 9.91. The molecule has 1 amide bonds. The van der Waals surface area contributed by atoms with E-state index in [2.05, 4.69) is 30.6 Å². The zero-order valence-electron chi connectivity index (χ0n) is 17.0. The van der Waals surface area contributed by atoms with Gasteiger partial charge in [-0.3, -0.25) is 4.79 Å². The predicted octanol–water partition coefficient (Wildman–Crippen LogP) is 3.31. The van der Waals surface area contributed by atoms with Crippen molar-refractivity contribution >= 4 is 22.9 Å². The van der Waals surface area contributed by atoms with E-state index in [9.17, 15) is 4.79 Å². The van der Waals surface area contributed by atoms with Gasteiger partial charge in [0.2, 0.25) is 11.9 Å². The molecule has 0 aliphatic carbocycles. The molecule has 7 nitrogen and oxygen atoms in total. The number of fused-ring (bicyclic) bond motifs is 1. The fourth-order valence-corrected chi connectivity index (χ4v) is 3.39. The van der Waals surface area contributed by atoms with Crippen LogP contribution < -0.4 is 10.6 Å². The van der Waals surface area contributed by atoms with Gasteiger partial charge in [0.1, 0.15) is 11.9 Å². The standard InChI is InChI=1S/C23H24N6O/c1-15-12-16(2)26-23(25-15)29-20(13-17-8-4-3-5-9-17)22(30)24-14-21-27-18-10-6-7-11-19(18)28-21/h3-12,20H,13-14H2,1-2H3,(H,24,30)(H,27,28)(H,25,26,29). The molecule has 4 aromatic rings. The van der Waals surface area contributed by atoms with Crippen LogP contribution in [0.2, 0.25) is 0 Å². The van der Waals surface area contributed by atoms with E-state index >= 15 is 0 Å². The van der Waals surface area contributed by atoms with Crippen LogP contribution >= 0.6 is 0 Å². The zero-order chi connectivity index (χ0) is 20.9. The number of benzene rings is 2. The molecular weight excluding hydrogens is 376 g/mol. The minimum Gasteiger partial charge on any atom is -0.347 e. The average molecular weight is 400 g/mol. The predicted molar refractivity (Wildman–Crippen MR) is 117 cm³/mol. The fourth-order valence-electron chi connectivity index (χ4n) is 3.39. The summed E-state index contributed by atoms with van der Waals surface area (Å²) in [6.07, 6.45) is 0.517. The second-order valence-electron chi connectivity index (χ2n) is 7.28. The van der Waals surface area contributed by atoms with Crippen LogP contribution in [0.15, 0.2) is 60.7 Å². The highest BCUT2D eigenvalue weighted by Gasteiger charge is 2.20. The average Bonchev–Trinajstić information content (AvgIpc) is 3.14. The van der Waals surface area contributed by atoms with Gasteiger partial charge in [0.05, 0.1) is 17.6 Å². The molecule has 152 valence electrons. The number of carbonyl (C=O) groups excluding carboxylic acids is 1. The Kier molecular flexibility index (Phi) is 5.70. The van der Waals surface area contributed by atoms with E-state index in [1.165, 1.54) is 0 Å². The normalized spacial score (nSPS) is 11.9. The third kappa shape index (κ3) is 4.81. The fraction of sp³-hybridized carbons (Fsp3) is 0.217. The molecule has 2 aromatic carbocycles. The van der Waals surface area contributed by atoms with Crippen LogP contribution in [0.4, 0.5) is 5.95 Å². The molecule has 0 spiro atoms. The highest BCUT2D eigenvalue weighted by Crippen LogP contribution is 2.12. The van der Waals surface area contributed by atoms with Gasteiger partial charge in [-0.2, -0.15) is 0 Å². The molecule has 0 aliphatic rings. The molecule has 3 N–H and O–H groups in total.